The third-order valence-corrected chi connectivity index (χ3v) is 5.25. The lowest BCUT2D eigenvalue weighted by Crippen LogP contribution is -2.39. The number of allylic oxidation sites excluding steroid dienone is 2. The van der Waals surface area contributed by atoms with E-state index < -0.39 is 0 Å². The Morgan fingerprint density at radius 1 is 1.32 bits per heavy atom. The Morgan fingerprint density at radius 2 is 2.21 bits per heavy atom. The van der Waals surface area contributed by atoms with Gasteiger partial charge in [0.1, 0.15) is 11.5 Å². The summed E-state index contributed by atoms with van der Waals surface area (Å²) in [5.74, 6) is 1.99. The van der Waals surface area contributed by atoms with Crippen molar-refractivity contribution in [1.82, 2.24) is 0 Å². The monoisotopic (exact) mass is 254 g/mol. The van der Waals surface area contributed by atoms with Gasteiger partial charge in [-0.25, -0.2) is 0 Å². The van der Waals surface area contributed by atoms with Crippen LogP contribution in [0.2, 0.25) is 0 Å². The Hall–Kier alpha value is -1.57. The molecule has 0 saturated heterocycles. The second-order valence-electron chi connectivity index (χ2n) is 6.22. The first-order valence-corrected chi connectivity index (χ1v) is 7.09. The summed E-state index contributed by atoms with van der Waals surface area (Å²) in [4.78, 5) is 12.2. The molecule has 1 aromatic carbocycles. The summed E-state index contributed by atoms with van der Waals surface area (Å²) in [5.41, 5.74) is 4.13. The zero-order valence-electron chi connectivity index (χ0n) is 11.2. The molecule has 0 amide bonds. The smallest absolute Gasteiger partial charge is 0.138 e. The maximum Gasteiger partial charge on any atom is 0.138 e. The predicted molar refractivity (Wildman–Crippen MR) is 73.4 cm³/mol. The maximum absolute atomic E-state index is 12.2. The van der Waals surface area contributed by atoms with Gasteiger partial charge in [-0.1, -0.05) is 23.8 Å². The molecular formula is C17H18O2. The number of carbonyl (C=O) groups is 1. The fourth-order valence-corrected chi connectivity index (χ4v) is 4.58. The number of ketones is 1. The van der Waals surface area contributed by atoms with Crippen molar-refractivity contribution in [3.8, 4) is 5.75 Å². The minimum absolute atomic E-state index is 0.0430. The third-order valence-electron chi connectivity index (χ3n) is 5.25. The third kappa shape index (κ3) is 1.40. The molecule has 2 bridgehead atoms. The highest BCUT2D eigenvalue weighted by atomic mass is 16.5. The van der Waals surface area contributed by atoms with Gasteiger partial charge < -0.3 is 4.74 Å². The molecule has 0 heterocycles. The van der Waals surface area contributed by atoms with Gasteiger partial charge in [-0.3, -0.25) is 4.79 Å². The number of hydrogen-bond donors (Lipinski definition) is 0. The Labute approximate surface area is 113 Å². The molecule has 2 atom stereocenters. The molecule has 3 aliphatic carbocycles. The van der Waals surface area contributed by atoms with Crippen LogP contribution in [0.4, 0.5) is 0 Å². The molecule has 0 aromatic heterocycles. The molecule has 4 rings (SSSR count). The molecule has 1 aromatic rings. The van der Waals surface area contributed by atoms with Gasteiger partial charge >= 0.3 is 0 Å². The summed E-state index contributed by atoms with van der Waals surface area (Å²) >= 11 is 0. The SMILES string of the molecule is COc1cccc2c1C1(CC(=O)C2)CC2=CCC1C2. The van der Waals surface area contributed by atoms with Crippen molar-refractivity contribution >= 4 is 5.78 Å². The van der Waals surface area contributed by atoms with Crippen molar-refractivity contribution in [2.75, 3.05) is 7.11 Å². The van der Waals surface area contributed by atoms with E-state index in [2.05, 4.69) is 18.2 Å². The van der Waals surface area contributed by atoms with Gasteiger partial charge in [0.25, 0.3) is 0 Å². The zero-order valence-corrected chi connectivity index (χ0v) is 11.2. The summed E-state index contributed by atoms with van der Waals surface area (Å²) in [6.07, 6.45) is 7.06. The van der Waals surface area contributed by atoms with Crippen LogP contribution in [0.15, 0.2) is 29.8 Å². The predicted octanol–water partition coefficient (Wildman–Crippen LogP) is 3.19. The van der Waals surface area contributed by atoms with E-state index in [4.69, 9.17) is 4.74 Å². The first-order valence-electron chi connectivity index (χ1n) is 7.09. The lowest BCUT2D eigenvalue weighted by Gasteiger charge is -2.41. The van der Waals surface area contributed by atoms with E-state index in [-0.39, 0.29) is 5.41 Å². The molecular weight excluding hydrogens is 236 g/mol. The van der Waals surface area contributed by atoms with Crippen molar-refractivity contribution in [2.45, 2.75) is 37.5 Å². The van der Waals surface area contributed by atoms with Gasteiger partial charge in [-0.05, 0) is 36.8 Å². The van der Waals surface area contributed by atoms with Gasteiger partial charge in [-0.2, -0.15) is 0 Å². The van der Waals surface area contributed by atoms with Crippen LogP contribution < -0.4 is 4.74 Å². The van der Waals surface area contributed by atoms with Crippen LogP contribution in [0, 0.1) is 5.92 Å². The van der Waals surface area contributed by atoms with E-state index in [1.165, 1.54) is 17.5 Å². The molecule has 1 saturated carbocycles. The Balaban J connectivity index is 1.95. The van der Waals surface area contributed by atoms with Gasteiger partial charge in [0.2, 0.25) is 0 Å². The highest BCUT2D eigenvalue weighted by Crippen LogP contribution is 2.59. The number of fused-ring (bicyclic) bond motifs is 5. The summed E-state index contributed by atoms with van der Waals surface area (Å²) in [6.45, 7) is 0. The molecule has 2 unspecified atom stereocenters. The van der Waals surface area contributed by atoms with Gasteiger partial charge in [0.15, 0.2) is 0 Å². The van der Waals surface area contributed by atoms with Crippen LogP contribution in [0.25, 0.3) is 0 Å². The molecule has 2 nitrogen and oxygen atoms in total. The number of ether oxygens (including phenoxy) is 1. The molecule has 0 aliphatic heterocycles. The van der Waals surface area contributed by atoms with Crippen molar-refractivity contribution in [2.24, 2.45) is 5.92 Å². The van der Waals surface area contributed by atoms with Crippen LogP contribution in [-0.2, 0) is 16.6 Å². The van der Waals surface area contributed by atoms with Crippen molar-refractivity contribution in [3.63, 3.8) is 0 Å². The largest absolute Gasteiger partial charge is 0.496 e. The Kier molecular flexibility index (Phi) is 2.21. The van der Waals surface area contributed by atoms with Gasteiger partial charge in [0.05, 0.1) is 7.11 Å². The number of hydrogen-bond acceptors (Lipinski definition) is 2. The number of carbonyl (C=O) groups excluding carboxylic acids is 1. The first-order chi connectivity index (χ1) is 9.23. The average molecular weight is 254 g/mol. The van der Waals surface area contributed by atoms with Crippen LogP contribution in [0.3, 0.4) is 0 Å². The van der Waals surface area contributed by atoms with Crippen LogP contribution >= 0.6 is 0 Å². The molecule has 98 valence electrons. The fraction of sp³-hybridized carbons (Fsp3) is 0.471. The van der Waals surface area contributed by atoms with E-state index in [1.807, 2.05) is 6.07 Å². The topological polar surface area (TPSA) is 26.3 Å². The molecule has 2 heteroatoms. The fourth-order valence-electron chi connectivity index (χ4n) is 4.58. The average Bonchev–Trinajstić information content (AvgIpc) is 2.98. The van der Waals surface area contributed by atoms with E-state index in [1.54, 1.807) is 12.7 Å². The lowest BCUT2D eigenvalue weighted by molar-refractivity contribution is -0.120. The molecule has 19 heavy (non-hydrogen) atoms. The molecule has 1 fully saturated rings. The lowest BCUT2D eigenvalue weighted by atomic mass is 9.62. The van der Waals surface area contributed by atoms with Crippen LogP contribution in [0.5, 0.6) is 5.75 Å². The highest BCUT2D eigenvalue weighted by molar-refractivity contribution is 5.86. The number of rotatable bonds is 1. The zero-order chi connectivity index (χ0) is 13.0. The minimum Gasteiger partial charge on any atom is -0.496 e. The normalized spacial score (nSPS) is 31.5. The van der Waals surface area contributed by atoms with E-state index in [0.29, 0.717) is 24.5 Å². The summed E-state index contributed by atoms with van der Waals surface area (Å²) < 4.78 is 5.61. The van der Waals surface area contributed by atoms with Gasteiger partial charge in [-0.15, -0.1) is 0 Å². The second-order valence-corrected chi connectivity index (χ2v) is 6.22. The number of Topliss-reactive ketones (excluding diaryl/α,β-unsaturated/α-hetero) is 1. The standard InChI is InChI=1S/C17H18O2/c1-19-15-4-2-3-12-8-14(18)10-17(16(12)15)9-11-5-6-13(17)7-11/h2-5,13H,6-10H2,1H3. The minimum atomic E-state index is 0.0430. The Morgan fingerprint density at radius 3 is 2.89 bits per heavy atom. The number of methoxy groups -OCH3 is 1. The van der Waals surface area contributed by atoms with E-state index >= 15 is 0 Å². The Bertz CT molecular complexity index is 599. The molecule has 1 spiro atoms. The molecule has 0 radical (unpaired) electrons. The van der Waals surface area contributed by atoms with Gasteiger partial charge in [0, 0.05) is 23.8 Å². The van der Waals surface area contributed by atoms with E-state index in [0.717, 1.165) is 18.6 Å². The summed E-state index contributed by atoms with van der Waals surface area (Å²) in [7, 11) is 1.74. The highest BCUT2D eigenvalue weighted by Gasteiger charge is 2.53. The molecule has 3 aliphatic rings. The summed E-state index contributed by atoms with van der Waals surface area (Å²) in [5, 5.41) is 0. The van der Waals surface area contributed by atoms with Crippen LogP contribution in [-0.4, -0.2) is 12.9 Å². The molecule has 0 N–H and O–H groups in total. The van der Waals surface area contributed by atoms with Crippen LogP contribution in [0.1, 0.15) is 36.8 Å². The summed E-state index contributed by atoms with van der Waals surface area (Å²) in [6, 6.07) is 6.17. The quantitative estimate of drug-likeness (QED) is 0.719. The van der Waals surface area contributed by atoms with Crippen molar-refractivity contribution in [1.29, 1.82) is 0 Å². The maximum atomic E-state index is 12.2. The van der Waals surface area contributed by atoms with E-state index in [9.17, 15) is 4.79 Å². The number of benzene rings is 1. The van der Waals surface area contributed by atoms with Crippen molar-refractivity contribution < 1.29 is 9.53 Å². The first kappa shape index (κ1) is 11.3. The second kappa shape index (κ2) is 3.72. The van der Waals surface area contributed by atoms with Crippen molar-refractivity contribution in [3.05, 3.63) is 41.0 Å².